The highest BCUT2D eigenvalue weighted by atomic mass is 19.4. The number of pyridine rings is 1. The molecule has 1 N–H and O–H groups in total. The Morgan fingerprint density at radius 2 is 1.96 bits per heavy atom. The van der Waals surface area contributed by atoms with Crippen molar-refractivity contribution in [1.82, 2.24) is 19.7 Å². The summed E-state index contributed by atoms with van der Waals surface area (Å²) in [5, 5.41) is 13.4. The molecular formula is C17H17F3N4O3. The lowest BCUT2D eigenvalue weighted by atomic mass is 10.0. The standard InChI is InChI=1S/C17H17F3N4O3/c1-10-12(15(25)23-7-3-2-4-13(23)16(26)27)9-22-24(10)14-6-5-11(8-21-14)17(18,19)20/h5-6,8-9,13H,2-4,7H2,1H3,(H,26,27). The quantitative estimate of drug-likeness (QED) is 0.882. The maximum absolute atomic E-state index is 12.8. The first kappa shape index (κ1) is 18.9. The number of rotatable bonds is 3. The van der Waals surface area contributed by atoms with Crippen LogP contribution in [0.4, 0.5) is 13.2 Å². The van der Waals surface area contributed by atoms with Crippen LogP contribution in [-0.2, 0) is 11.0 Å². The number of piperidine rings is 1. The fraction of sp³-hybridized carbons (Fsp3) is 0.412. The number of nitrogens with zero attached hydrogens (tertiary/aromatic N) is 4. The molecule has 7 nitrogen and oxygen atoms in total. The summed E-state index contributed by atoms with van der Waals surface area (Å²) in [6.07, 6.45) is -0.689. The number of halogens is 3. The van der Waals surface area contributed by atoms with E-state index in [2.05, 4.69) is 10.1 Å². The lowest BCUT2D eigenvalue weighted by molar-refractivity contribution is -0.143. The van der Waals surface area contributed by atoms with Gasteiger partial charge in [-0.1, -0.05) is 0 Å². The van der Waals surface area contributed by atoms with E-state index < -0.39 is 29.7 Å². The average molecular weight is 382 g/mol. The molecular weight excluding hydrogens is 365 g/mol. The van der Waals surface area contributed by atoms with Crippen LogP contribution in [0.2, 0.25) is 0 Å². The van der Waals surface area contributed by atoms with Gasteiger partial charge in [-0.05, 0) is 38.3 Å². The topological polar surface area (TPSA) is 88.3 Å². The molecule has 0 aromatic carbocycles. The van der Waals surface area contributed by atoms with Crippen LogP contribution in [0.25, 0.3) is 5.82 Å². The third-order valence-electron chi connectivity index (χ3n) is 4.58. The molecule has 1 unspecified atom stereocenters. The molecule has 0 radical (unpaired) electrons. The Kier molecular flexibility index (Phi) is 4.90. The maximum atomic E-state index is 12.8. The molecule has 10 heteroatoms. The minimum Gasteiger partial charge on any atom is -0.480 e. The van der Waals surface area contributed by atoms with Crippen LogP contribution < -0.4 is 0 Å². The molecule has 3 rings (SSSR count). The molecule has 2 aromatic rings. The summed E-state index contributed by atoms with van der Waals surface area (Å²) >= 11 is 0. The molecule has 0 bridgehead atoms. The summed E-state index contributed by atoms with van der Waals surface area (Å²) in [6.45, 7) is 1.91. The van der Waals surface area contributed by atoms with Gasteiger partial charge in [-0.15, -0.1) is 0 Å². The van der Waals surface area contributed by atoms with E-state index in [-0.39, 0.29) is 11.4 Å². The minimum absolute atomic E-state index is 0.132. The number of carboxylic acid groups (broad SMARTS) is 1. The number of carboxylic acids is 1. The first-order valence-electron chi connectivity index (χ1n) is 8.32. The van der Waals surface area contributed by atoms with E-state index in [0.29, 0.717) is 31.3 Å². The molecule has 1 aliphatic rings. The third-order valence-corrected chi connectivity index (χ3v) is 4.58. The molecule has 0 saturated carbocycles. The Balaban J connectivity index is 1.88. The van der Waals surface area contributed by atoms with Crippen LogP contribution >= 0.6 is 0 Å². The van der Waals surface area contributed by atoms with Crippen LogP contribution in [0.15, 0.2) is 24.5 Å². The number of hydrogen-bond donors (Lipinski definition) is 1. The number of amides is 1. The molecule has 1 amide bonds. The summed E-state index contributed by atoms with van der Waals surface area (Å²) in [7, 11) is 0. The van der Waals surface area contributed by atoms with Gasteiger partial charge in [0.05, 0.1) is 23.0 Å². The van der Waals surface area contributed by atoms with Gasteiger partial charge in [0.2, 0.25) is 0 Å². The molecule has 1 atom stereocenters. The van der Waals surface area contributed by atoms with Crippen molar-refractivity contribution in [3.8, 4) is 5.82 Å². The zero-order valence-corrected chi connectivity index (χ0v) is 14.4. The predicted octanol–water partition coefficient (Wildman–Crippen LogP) is 2.67. The number of hydrogen-bond acceptors (Lipinski definition) is 4. The smallest absolute Gasteiger partial charge is 0.417 e. The van der Waals surface area contributed by atoms with Crippen LogP contribution in [0.3, 0.4) is 0 Å². The Morgan fingerprint density at radius 1 is 1.22 bits per heavy atom. The number of aliphatic carboxylic acids is 1. The molecule has 1 aliphatic heterocycles. The van der Waals surface area contributed by atoms with Crippen molar-refractivity contribution in [2.75, 3.05) is 6.54 Å². The van der Waals surface area contributed by atoms with Gasteiger partial charge in [-0.2, -0.15) is 18.3 Å². The number of likely N-dealkylation sites (tertiary alicyclic amines) is 1. The molecule has 144 valence electrons. The first-order chi connectivity index (χ1) is 12.7. The minimum atomic E-state index is -4.49. The molecule has 3 heterocycles. The number of carbonyl (C=O) groups is 2. The molecule has 1 fully saturated rings. The highest BCUT2D eigenvalue weighted by molar-refractivity contribution is 5.97. The van der Waals surface area contributed by atoms with Gasteiger partial charge in [0.15, 0.2) is 5.82 Å². The summed E-state index contributed by atoms with van der Waals surface area (Å²) in [5.41, 5.74) is -0.309. The normalized spacial score (nSPS) is 17.8. The molecule has 0 spiro atoms. The number of alkyl halides is 3. The van der Waals surface area contributed by atoms with Crippen LogP contribution in [0.1, 0.15) is 40.9 Å². The van der Waals surface area contributed by atoms with E-state index >= 15 is 0 Å². The Labute approximate surface area is 152 Å². The summed E-state index contributed by atoms with van der Waals surface area (Å²) in [5.74, 6) is -1.39. The predicted molar refractivity (Wildman–Crippen MR) is 87.4 cm³/mol. The van der Waals surface area contributed by atoms with E-state index in [0.717, 1.165) is 18.6 Å². The monoisotopic (exact) mass is 382 g/mol. The maximum Gasteiger partial charge on any atom is 0.417 e. The highest BCUT2D eigenvalue weighted by Gasteiger charge is 2.34. The van der Waals surface area contributed by atoms with Gasteiger partial charge in [-0.3, -0.25) is 4.79 Å². The lowest BCUT2D eigenvalue weighted by Crippen LogP contribution is -2.48. The van der Waals surface area contributed by atoms with Gasteiger partial charge < -0.3 is 10.0 Å². The van der Waals surface area contributed by atoms with Crippen molar-refractivity contribution in [2.45, 2.75) is 38.4 Å². The van der Waals surface area contributed by atoms with Gasteiger partial charge in [0.1, 0.15) is 6.04 Å². The largest absolute Gasteiger partial charge is 0.480 e. The second kappa shape index (κ2) is 7.01. The molecule has 2 aromatic heterocycles. The number of carbonyl (C=O) groups excluding carboxylic acids is 1. The Bertz CT molecular complexity index is 861. The SMILES string of the molecule is Cc1c(C(=O)N2CCCCC2C(=O)O)cnn1-c1ccc(C(F)(F)F)cn1. The Hall–Kier alpha value is -2.91. The van der Waals surface area contributed by atoms with Crippen molar-refractivity contribution in [2.24, 2.45) is 0 Å². The summed E-state index contributed by atoms with van der Waals surface area (Å²) in [6, 6.07) is 1.16. The Morgan fingerprint density at radius 3 is 2.56 bits per heavy atom. The van der Waals surface area contributed by atoms with Crippen LogP contribution in [0.5, 0.6) is 0 Å². The second-order valence-electron chi connectivity index (χ2n) is 6.31. The molecule has 0 aliphatic carbocycles. The zero-order valence-electron chi connectivity index (χ0n) is 14.4. The van der Waals surface area contributed by atoms with E-state index in [1.807, 2.05) is 0 Å². The first-order valence-corrected chi connectivity index (χ1v) is 8.32. The lowest BCUT2D eigenvalue weighted by Gasteiger charge is -2.32. The van der Waals surface area contributed by atoms with E-state index in [4.69, 9.17) is 0 Å². The van der Waals surface area contributed by atoms with Gasteiger partial charge in [-0.25, -0.2) is 14.5 Å². The second-order valence-corrected chi connectivity index (χ2v) is 6.31. The van der Waals surface area contributed by atoms with E-state index in [1.165, 1.54) is 15.8 Å². The van der Waals surface area contributed by atoms with Crippen LogP contribution in [-0.4, -0.2) is 49.2 Å². The van der Waals surface area contributed by atoms with Crippen molar-refractivity contribution >= 4 is 11.9 Å². The van der Waals surface area contributed by atoms with Gasteiger partial charge in [0, 0.05) is 12.7 Å². The number of aromatic nitrogens is 3. The van der Waals surface area contributed by atoms with E-state index in [1.54, 1.807) is 6.92 Å². The van der Waals surface area contributed by atoms with Crippen molar-refractivity contribution < 1.29 is 27.9 Å². The van der Waals surface area contributed by atoms with Crippen molar-refractivity contribution in [1.29, 1.82) is 0 Å². The zero-order chi connectivity index (χ0) is 19.8. The van der Waals surface area contributed by atoms with Gasteiger partial charge >= 0.3 is 12.1 Å². The average Bonchev–Trinajstić information content (AvgIpc) is 3.02. The summed E-state index contributed by atoms with van der Waals surface area (Å²) < 4.78 is 39.2. The van der Waals surface area contributed by atoms with Crippen LogP contribution in [0, 0.1) is 6.92 Å². The van der Waals surface area contributed by atoms with Gasteiger partial charge in [0.25, 0.3) is 5.91 Å². The molecule has 1 saturated heterocycles. The highest BCUT2D eigenvalue weighted by Crippen LogP contribution is 2.29. The fourth-order valence-corrected chi connectivity index (χ4v) is 3.12. The fourth-order valence-electron chi connectivity index (χ4n) is 3.12. The third kappa shape index (κ3) is 3.64. The van der Waals surface area contributed by atoms with E-state index in [9.17, 15) is 27.9 Å². The molecule has 27 heavy (non-hydrogen) atoms. The van der Waals surface area contributed by atoms with Crippen molar-refractivity contribution in [3.63, 3.8) is 0 Å². The van der Waals surface area contributed by atoms with Crippen molar-refractivity contribution in [3.05, 3.63) is 41.3 Å². The summed E-state index contributed by atoms with van der Waals surface area (Å²) in [4.78, 5) is 29.3.